The maximum atomic E-state index is 11.1. The summed E-state index contributed by atoms with van der Waals surface area (Å²) in [6.07, 6.45) is 1.66. The van der Waals surface area contributed by atoms with Gasteiger partial charge in [-0.3, -0.25) is 9.59 Å². The molecule has 0 amide bonds. The lowest BCUT2D eigenvalue weighted by atomic mass is 10.2. The van der Waals surface area contributed by atoms with Crippen LogP contribution in [-0.4, -0.2) is 18.1 Å². The molecule has 0 aliphatic heterocycles. The van der Waals surface area contributed by atoms with Gasteiger partial charge in [-0.15, -0.1) is 0 Å². The number of benzene rings is 1. The third kappa shape index (κ3) is 3.24. The summed E-state index contributed by atoms with van der Waals surface area (Å²) in [6.45, 7) is 1.36. The summed E-state index contributed by atoms with van der Waals surface area (Å²) in [5, 5.41) is 1.73. The van der Waals surface area contributed by atoms with Crippen molar-refractivity contribution in [3.63, 3.8) is 0 Å². The van der Waals surface area contributed by atoms with Crippen molar-refractivity contribution in [2.45, 2.75) is 6.92 Å². The van der Waals surface area contributed by atoms with Gasteiger partial charge >= 0.3 is 5.97 Å². The van der Waals surface area contributed by atoms with Crippen LogP contribution in [0.2, 0.25) is 0 Å². The number of carbonyl (C=O) groups is 1. The Hall–Kier alpha value is -2.10. The topological polar surface area (TPSA) is 59.2 Å². The third-order valence-corrected chi connectivity index (χ3v) is 1.97. The van der Waals surface area contributed by atoms with Gasteiger partial charge in [-0.2, -0.15) is 0 Å². The molecule has 0 atom stereocenters. The van der Waals surface area contributed by atoms with E-state index in [0.717, 1.165) is 10.8 Å². The third-order valence-electron chi connectivity index (χ3n) is 1.97. The number of hydrogen-bond donors (Lipinski definition) is 1. The highest BCUT2D eigenvalue weighted by Gasteiger charge is 1.92. The minimum absolute atomic E-state index is 0.0249. The molecular weight excluding hydrogens is 206 g/mol. The Morgan fingerprint density at radius 2 is 1.88 bits per heavy atom. The van der Waals surface area contributed by atoms with Crippen molar-refractivity contribution in [3.05, 3.63) is 46.9 Å². The number of aromatic amines is 1. The zero-order valence-electron chi connectivity index (χ0n) is 9.19. The fraction of sp³-hybridized carbons (Fsp3) is 0.167. The molecular formula is C12H13NO3. The molecule has 0 bridgehead atoms. The molecule has 16 heavy (non-hydrogen) atoms. The zero-order valence-corrected chi connectivity index (χ0v) is 9.19. The fourth-order valence-corrected chi connectivity index (χ4v) is 1.13. The van der Waals surface area contributed by atoms with Crippen LogP contribution in [0.5, 0.6) is 0 Å². The van der Waals surface area contributed by atoms with Crippen LogP contribution >= 0.6 is 0 Å². The van der Waals surface area contributed by atoms with Crippen molar-refractivity contribution in [2.24, 2.45) is 0 Å². The summed E-state index contributed by atoms with van der Waals surface area (Å²) in [7, 11) is 1.35. The van der Waals surface area contributed by atoms with E-state index in [1.54, 1.807) is 6.20 Å². The largest absolute Gasteiger partial charge is 0.469 e. The molecule has 0 saturated carbocycles. The molecule has 4 heteroatoms. The van der Waals surface area contributed by atoms with Gasteiger partial charge in [-0.05, 0) is 17.5 Å². The van der Waals surface area contributed by atoms with Gasteiger partial charge in [-0.25, -0.2) is 0 Å². The fourth-order valence-electron chi connectivity index (χ4n) is 1.13. The van der Waals surface area contributed by atoms with Gasteiger partial charge in [0.25, 0.3) is 5.56 Å². The van der Waals surface area contributed by atoms with Crippen molar-refractivity contribution in [1.82, 2.24) is 4.98 Å². The Kier molecular flexibility index (Phi) is 4.27. The summed E-state index contributed by atoms with van der Waals surface area (Å²) >= 11 is 0. The molecule has 4 nitrogen and oxygen atoms in total. The number of esters is 1. The van der Waals surface area contributed by atoms with E-state index < -0.39 is 0 Å². The predicted octanol–water partition coefficient (Wildman–Crippen LogP) is 1.71. The maximum Gasteiger partial charge on any atom is 0.302 e. The number of pyridine rings is 1. The first kappa shape index (κ1) is 12.0. The van der Waals surface area contributed by atoms with E-state index in [4.69, 9.17) is 0 Å². The molecule has 1 aromatic heterocycles. The maximum absolute atomic E-state index is 11.1. The molecule has 0 saturated heterocycles. The predicted molar refractivity (Wildman–Crippen MR) is 62.3 cm³/mol. The van der Waals surface area contributed by atoms with E-state index in [2.05, 4.69) is 9.72 Å². The molecule has 2 aromatic rings. The molecule has 2 rings (SSSR count). The summed E-state index contributed by atoms with van der Waals surface area (Å²) in [5.41, 5.74) is -0.0249. The van der Waals surface area contributed by atoms with Gasteiger partial charge in [0.15, 0.2) is 0 Å². The number of aromatic nitrogens is 1. The van der Waals surface area contributed by atoms with Crippen LogP contribution in [0.3, 0.4) is 0 Å². The molecule has 1 N–H and O–H groups in total. The van der Waals surface area contributed by atoms with Crippen LogP contribution in [0.1, 0.15) is 6.92 Å². The first-order valence-electron chi connectivity index (χ1n) is 4.76. The highest BCUT2D eigenvalue weighted by molar-refractivity contribution is 5.80. The summed E-state index contributed by atoms with van der Waals surface area (Å²) < 4.78 is 4.11. The number of carbonyl (C=O) groups excluding carboxylic acids is 1. The van der Waals surface area contributed by atoms with E-state index in [0.29, 0.717) is 0 Å². The molecule has 0 unspecified atom stereocenters. The second-order valence-corrected chi connectivity index (χ2v) is 3.09. The van der Waals surface area contributed by atoms with E-state index in [1.807, 2.05) is 30.3 Å². The first-order valence-corrected chi connectivity index (χ1v) is 4.76. The number of fused-ring (bicyclic) bond motifs is 1. The smallest absolute Gasteiger partial charge is 0.302 e. The van der Waals surface area contributed by atoms with Crippen molar-refractivity contribution in [1.29, 1.82) is 0 Å². The second kappa shape index (κ2) is 5.70. The quantitative estimate of drug-likeness (QED) is 0.686. The van der Waals surface area contributed by atoms with E-state index in [-0.39, 0.29) is 11.5 Å². The Bertz CT molecular complexity index is 526. The molecule has 0 aliphatic rings. The number of H-pyrrole nitrogens is 1. The Morgan fingerprint density at radius 3 is 2.44 bits per heavy atom. The van der Waals surface area contributed by atoms with Crippen LogP contribution in [-0.2, 0) is 9.53 Å². The van der Waals surface area contributed by atoms with Gasteiger partial charge in [0.2, 0.25) is 0 Å². The van der Waals surface area contributed by atoms with E-state index in [9.17, 15) is 9.59 Å². The Labute approximate surface area is 92.9 Å². The highest BCUT2D eigenvalue weighted by Crippen LogP contribution is 2.05. The van der Waals surface area contributed by atoms with Crippen LogP contribution in [0.25, 0.3) is 10.8 Å². The first-order chi connectivity index (χ1) is 7.65. The number of methoxy groups -OCH3 is 1. The second-order valence-electron chi connectivity index (χ2n) is 3.09. The van der Waals surface area contributed by atoms with E-state index in [1.165, 1.54) is 14.0 Å². The summed E-state index contributed by atoms with van der Waals surface area (Å²) in [6, 6.07) is 9.40. The number of ether oxygens (including phenoxy) is 1. The minimum atomic E-state index is -0.245. The number of nitrogens with one attached hydrogen (secondary N) is 1. The van der Waals surface area contributed by atoms with Crippen molar-refractivity contribution < 1.29 is 9.53 Å². The van der Waals surface area contributed by atoms with Crippen LogP contribution < -0.4 is 5.56 Å². The summed E-state index contributed by atoms with van der Waals surface area (Å²) in [4.78, 5) is 23.3. The Morgan fingerprint density at radius 1 is 1.25 bits per heavy atom. The summed E-state index contributed by atoms with van der Waals surface area (Å²) in [5.74, 6) is -0.245. The lowest BCUT2D eigenvalue weighted by molar-refractivity contribution is -0.137. The van der Waals surface area contributed by atoms with Crippen molar-refractivity contribution >= 4 is 16.7 Å². The lowest BCUT2D eigenvalue weighted by Gasteiger charge is -1.92. The van der Waals surface area contributed by atoms with Gasteiger partial charge < -0.3 is 9.72 Å². The standard InChI is InChI=1S/C9H7NO.C3H6O2/c11-9-8-4-2-1-3-7(8)5-6-10-9;1-3(4)5-2/h1-6H,(H,10,11);1-2H3. The molecule has 1 heterocycles. The van der Waals surface area contributed by atoms with Gasteiger partial charge in [0.05, 0.1) is 7.11 Å². The molecule has 1 aromatic carbocycles. The van der Waals surface area contributed by atoms with Crippen molar-refractivity contribution in [2.75, 3.05) is 7.11 Å². The molecule has 0 spiro atoms. The SMILES string of the molecule is COC(C)=O.O=c1[nH]ccc2ccccc12. The molecule has 84 valence electrons. The monoisotopic (exact) mass is 219 g/mol. The Balaban J connectivity index is 0.000000221. The number of hydrogen-bond acceptors (Lipinski definition) is 3. The average molecular weight is 219 g/mol. The normalized spacial score (nSPS) is 9.12. The van der Waals surface area contributed by atoms with Crippen LogP contribution in [0.4, 0.5) is 0 Å². The van der Waals surface area contributed by atoms with Crippen molar-refractivity contribution in [3.8, 4) is 0 Å². The molecule has 0 aliphatic carbocycles. The van der Waals surface area contributed by atoms with Gasteiger partial charge in [-0.1, -0.05) is 18.2 Å². The molecule has 0 radical (unpaired) electrons. The van der Waals surface area contributed by atoms with E-state index >= 15 is 0 Å². The minimum Gasteiger partial charge on any atom is -0.469 e. The molecule has 0 fully saturated rings. The van der Waals surface area contributed by atoms with Crippen LogP contribution in [0.15, 0.2) is 41.3 Å². The highest BCUT2D eigenvalue weighted by atomic mass is 16.5. The lowest BCUT2D eigenvalue weighted by Crippen LogP contribution is -2.03. The average Bonchev–Trinajstić information content (AvgIpc) is 2.30. The number of rotatable bonds is 0. The zero-order chi connectivity index (χ0) is 12.0. The van der Waals surface area contributed by atoms with Gasteiger partial charge in [0, 0.05) is 18.5 Å². The van der Waals surface area contributed by atoms with Crippen LogP contribution in [0, 0.1) is 0 Å². The van der Waals surface area contributed by atoms with Gasteiger partial charge in [0.1, 0.15) is 0 Å².